The number of rotatable bonds is 8. The summed E-state index contributed by atoms with van der Waals surface area (Å²) in [5, 5.41) is 31.5. The van der Waals surface area contributed by atoms with Crippen molar-refractivity contribution >= 4 is 17.5 Å². The van der Waals surface area contributed by atoms with E-state index in [0.29, 0.717) is 18.7 Å². The smallest absolute Gasteiger partial charge is 0.307 e. The average Bonchev–Trinajstić information content (AvgIpc) is 3.25. The number of nitrogens with two attached hydrogens (primary N) is 1. The van der Waals surface area contributed by atoms with Crippen molar-refractivity contribution < 1.29 is 19.8 Å². The molecule has 168 valence electrons. The molecule has 3 rings (SSSR count). The van der Waals surface area contributed by atoms with Crippen LogP contribution in [0, 0.1) is 5.92 Å². The zero-order valence-electron chi connectivity index (χ0n) is 18.0. The summed E-state index contributed by atoms with van der Waals surface area (Å²) in [6.07, 6.45) is 6.95. The van der Waals surface area contributed by atoms with Crippen molar-refractivity contribution in [1.29, 1.82) is 0 Å². The minimum atomic E-state index is -0.833. The van der Waals surface area contributed by atoms with Crippen molar-refractivity contribution in [3.8, 4) is 0 Å². The Morgan fingerprint density at radius 2 is 2.00 bits per heavy atom. The number of H-pyrrole nitrogens is 1. The second kappa shape index (κ2) is 11.9. The lowest BCUT2D eigenvalue weighted by Gasteiger charge is -2.24. The number of aliphatic carboxylic acids is 2. The number of benzene rings is 1. The Morgan fingerprint density at radius 1 is 1.29 bits per heavy atom. The van der Waals surface area contributed by atoms with Crippen LogP contribution in [-0.2, 0) is 16.0 Å². The third-order valence-corrected chi connectivity index (χ3v) is 5.35. The van der Waals surface area contributed by atoms with E-state index in [-0.39, 0.29) is 12.0 Å². The van der Waals surface area contributed by atoms with Crippen LogP contribution in [0.1, 0.15) is 68.8 Å². The molecular formula is C22H31N5O4. The Kier molecular flexibility index (Phi) is 9.33. The fourth-order valence-electron chi connectivity index (χ4n) is 3.90. The first-order chi connectivity index (χ1) is 14.8. The van der Waals surface area contributed by atoms with Crippen LogP contribution >= 0.6 is 0 Å². The van der Waals surface area contributed by atoms with Crippen molar-refractivity contribution in [3.63, 3.8) is 0 Å². The summed E-state index contributed by atoms with van der Waals surface area (Å²) in [7, 11) is 0. The molecule has 0 bridgehead atoms. The standard InChI is InChI=1S/C20H27N5O2.C2H4O2/c1-2-5-17(20(26)27)18(19-22-24-25-23-19)12-14-6-3-4-7-16(14)13-8-10-15(21)11-9-13;1-2(3)4/h3-4,6-8,15,17-18H,2,5,9-12,21H2,1H3,(H,26,27)(H,22,23,24,25);1H3,(H,3,4)/t15?,17-,18-;/m0./s1. The number of aromatic amines is 1. The molecule has 9 nitrogen and oxygen atoms in total. The predicted octanol–water partition coefficient (Wildman–Crippen LogP) is 3.01. The van der Waals surface area contributed by atoms with Gasteiger partial charge in [0.15, 0.2) is 5.82 Å². The quantitative estimate of drug-likeness (QED) is 0.499. The number of nitrogens with zero attached hydrogens (tertiary/aromatic N) is 3. The summed E-state index contributed by atoms with van der Waals surface area (Å²) >= 11 is 0. The lowest BCUT2D eigenvalue weighted by Crippen LogP contribution is -2.25. The van der Waals surface area contributed by atoms with Gasteiger partial charge in [0.1, 0.15) is 0 Å². The summed E-state index contributed by atoms with van der Waals surface area (Å²) < 4.78 is 0. The zero-order valence-corrected chi connectivity index (χ0v) is 18.0. The minimum Gasteiger partial charge on any atom is -0.481 e. The number of hydrogen-bond donors (Lipinski definition) is 4. The Balaban J connectivity index is 0.000000785. The van der Waals surface area contributed by atoms with Gasteiger partial charge >= 0.3 is 5.97 Å². The average molecular weight is 430 g/mol. The molecule has 0 spiro atoms. The molecule has 1 aromatic carbocycles. The lowest BCUT2D eigenvalue weighted by molar-refractivity contribution is -0.143. The van der Waals surface area contributed by atoms with E-state index in [4.69, 9.17) is 15.6 Å². The summed E-state index contributed by atoms with van der Waals surface area (Å²) in [6, 6.07) is 8.44. The van der Waals surface area contributed by atoms with E-state index in [9.17, 15) is 9.90 Å². The van der Waals surface area contributed by atoms with Gasteiger partial charge in [-0.05, 0) is 48.8 Å². The zero-order chi connectivity index (χ0) is 22.8. The molecule has 1 heterocycles. The first-order valence-corrected chi connectivity index (χ1v) is 10.5. The molecule has 1 unspecified atom stereocenters. The van der Waals surface area contributed by atoms with Gasteiger partial charge in [-0.2, -0.15) is 5.21 Å². The number of carboxylic acid groups (broad SMARTS) is 2. The van der Waals surface area contributed by atoms with Gasteiger partial charge in [-0.1, -0.05) is 48.9 Å². The topological polar surface area (TPSA) is 155 Å². The molecule has 0 aliphatic heterocycles. The van der Waals surface area contributed by atoms with Crippen LogP contribution in [0.25, 0.3) is 5.57 Å². The van der Waals surface area contributed by atoms with Crippen molar-refractivity contribution in [3.05, 3.63) is 47.3 Å². The SMILES string of the molecule is CC(=O)O.CCC[C@H](C(=O)O)[C@H](Cc1ccccc1C1=CCC(N)CC1)c1nn[nH]n1. The van der Waals surface area contributed by atoms with Crippen molar-refractivity contribution in [1.82, 2.24) is 20.6 Å². The highest BCUT2D eigenvalue weighted by Crippen LogP contribution is 2.34. The summed E-state index contributed by atoms with van der Waals surface area (Å²) in [6.45, 7) is 3.08. The molecule has 1 aromatic heterocycles. The van der Waals surface area contributed by atoms with E-state index in [1.165, 1.54) is 11.1 Å². The van der Waals surface area contributed by atoms with E-state index >= 15 is 0 Å². The van der Waals surface area contributed by atoms with Crippen molar-refractivity contribution in [2.24, 2.45) is 11.7 Å². The molecule has 0 radical (unpaired) electrons. The van der Waals surface area contributed by atoms with Crippen LogP contribution in [0.2, 0.25) is 0 Å². The number of aromatic nitrogens is 4. The molecule has 2 aromatic rings. The van der Waals surface area contributed by atoms with E-state index in [0.717, 1.165) is 38.2 Å². The molecule has 0 saturated carbocycles. The van der Waals surface area contributed by atoms with Gasteiger partial charge in [0.05, 0.1) is 5.92 Å². The van der Waals surface area contributed by atoms with Gasteiger partial charge in [-0.3, -0.25) is 9.59 Å². The van der Waals surface area contributed by atoms with Crippen LogP contribution in [-0.4, -0.2) is 48.8 Å². The second-order valence-electron chi connectivity index (χ2n) is 7.75. The second-order valence-corrected chi connectivity index (χ2v) is 7.75. The van der Waals surface area contributed by atoms with Gasteiger partial charge in [-0.25, -0.2) is 0 Å². The molecule has 1 aliphatic carbocycles. The Labute approximate surface area is 181 Å². The first-order valence-electron chi connectivity index (χ1n) is 10.5. The number of carboxylic acids is 2. The maximum absolute atomic E-state index is 11.9. The normalized spacial score (nSPS) is 17.6. The van der Waals surface area contributed by atoms with Gasteiger partial charge in [0, 0.05) is 18.9 Å². The van der Waals surface area contributed by atoms with Gasteiger partial charge in [0.2, 0.25) is 0 Å². The van der Waals surface area contributed by atoms with Crippen LogP contribution in [0.15, 0.2) is 30.3 Å². The maximum Gasteiger partial charge on any atom is 0.307 e. The van der Waals surface area contributed by atoms with Gasteiger partial charge < -0.3 is 15.9 Å². The monoisotopic (exact) mass is 429 g/mol. The highest BCUT2D eigenvalue weighted by Gasteiger charge is 2.32. The molecule has 0 amide bonds. The van der Waals surface area contributed by atoms with Crippen molar-refractivity contribution in [2.45, 2.75) is 64.3 Å². The molecular weight excluding hydrogens is 398 g/mol. The first kappa shape index (κ1) is 24.2. The molecule has 0 saturated heterocycles. The molecule has 31 heavy (non-hydrogen) atoms. The van der Waals surface area contributed by atoms with Gasteiger partial charge in [-0.15, -0.1) is 10.2 Å². The Bertz CT molecular complexity index is 878. The minimum absolute atomic E-state index is 0.230. The molecule has 9 heteroatoms. The number of carbonyl (C=O) groups is 2. The fraction of sp³-hybridized carbons (Fsp3) is 0.500. The third-order valence-electron chi connectivity index (χ3n) is 5.35. The summed E-state index contributed by atoms with van der Waals surface area (Å²) in [5.41, 5.74) is 9.62. The van der Waals surface area contributed by atoms with E-state index < -0.39 is 17.9 Å². The number of allylic oxidation sites excluding steroid dienone is 1. The highest BCUT2D eigenvalue weighted by molar-refractivity contribution is 5.72. The Hall–Kier alpha value is -3.07. The van der Waals surface area contributed by atoms with Gasteiger partial charge in [0.25, 0.3) is 5.97 Å². The van der Waals surface area contributed by atoms with Crippen molar-refractivity contribution in [2.75, 3.05) is 0 Å². The number of hydrogen-bond acceptors (Lipinski definition) is 6. The predicted molar refractivity (Wildman–Crippen MR) is 116 cm³/mol. The summed E-state index contributed by atoms with van der Waals surface area (Å²) in [4.78, 5) is 20.9. The van der Waals surface area contributed by atoms with E-state index in [1.807, 2.05) is 19.1 Å². The number of nitrogens with one attached hydrogen (secondary N) is 1. The van der Waals surface area contributed by atoms with Crippen LogP contribution in [0.3, 0.4) is 0 Å². The fourth-order valence-corrected chi connectivity index (χ4v) is 3.90. The largest absolute Gasteiger partial charge is 0.481 e. The maximum atomic E-state index is 11.9. The molecule has 1 aliphatic rings. The molecule has 5 N–H and O–H groups in total. The summed E-state index contributed by atoms with van der Waals surface area (Å²) in [5.74, 6) is -2.06. The van der Waals surface area contributed by atoms with E-state index in [1.54, 1.807) is 0 Å². The molecule has 3 atom stereocenters. The number of tetrazole rings is 1. The van der Waals surface area contributed by atoms with E-state index in [2.05, 4.69) is 38.8 Å². The highest BCUT2D eigenvalue weighted by atomic mass is 16.4. The Morgan fingerprint density at radius 3 is 2.55 bits per heavy atom. The lowest BCUT2D eigenvalue weighted by atomic mass is 9.80. The molecule has 0 fully saturated rings. The van der Waals surface area contributed by atoms with Crippen LogP contribution in [0.4, 0.5) is 0 Å². The van der Waals surface area contributed by atoms with Crippen LogP contribution < -0.4 is 5.73 Å². The van der Waals surface area contributed by atoms with Crippen LogP contribution in [0.5, 0.6) is 0 Å². The third kappa shape index (κ3) is 7.29.